The minimum absolute atomic E-state index is 0.0351. The van der Waals surface area contributed by atoms with E-state index in [1.54, 1.807) is 0 Å². The van der Waals surface area contributed by atoms with E-state index in [9.17, 15) is 4.79 Å². The third kappa shape index (κ3) is 4.08. The molecular weight excluding hydrogens is 332 g/mol. The monoisotopic (exact) mass is 362 g/mol. The number of fused-ring (bicyclic) bond motifs is 1. The van der Waals surface area contributed by atoms with Gasteiger partial charge in [0.15, 0.2) is 0 Å². The average Bonchev–Trinajstić information content (AvgIpc) is 3.25. The molecule has 142 valence electrons. The highest BCUT2D eigenvalue weighted by atomic mass is 16.1. The Morgan fingerprint density at radius 1 is 1.04 bits per heavy atom. The lowest BCUT2D eigenvalue weighted by Crippen LogP contribution is -2.41. The lowest BCUT2D eigenvalue weighted by Gasteiger charge is -2.24. The normalized spacial score (nSPS) is 25.9. The first-order valence-corrected chi connectivity index (χ1v) is 10.4. The average molecular weight is 363 g/mol. The SMILES string of the molecule is CC[C@@H](C(=O)NC1CCC2CN(Cc3ccccc3)CC21)c1ccccc1. The molecule has 0 radical (unpaired) electrons. The Kier molecular flexibility index (Phi) is 5.58. The Hall–Kier alpha value is -2.13. The summed E-state index contributed by atoms with van der Waals surface area (Å²) in [6, 6.07) is 21.3. The van der Waals surface area contributed by atoms with Crippen LogP contribution in [0.5, 0.6) is 0 Å². The van der Waals surface area contributed by atoms with Crippen molar-refractivity contribution in [1.82, 2.24) is 10.2 Å². The fourth-order valence-electron chi connectivity index (χ4n) is 5.05. The molecule has 1 heterocycles. The molecule has 1 aliphatic heterocycles. The highest BCUT2D eigenvalue weighted by Crippen LogP contribution is 2.39. The number of carbonyl (C=O) groups is 1. The minimum atomic E-state index is -0.0351. The van der Waals surface area contributed by atoms with E-state index in [-0.39, 0.29) is 11.8 Å². The van der Waals surface area contributed by atoms with Crippen LogP contribution in [-0.4, -0.2) is 29.9 Å². The summed E-state index contributed by atoms with van der Waals surface area (Å²) in [4.78, 5) is 15.5. The van der Waals surface area contributed by atoms with Crippen LogP contribution in [0, 0.1) is 11.8 Å². The number of benzene rings is 2. The van der Waals surface area contributed by atoms with Crippen molar-refractivity contribution < 1.29 is 4.79 Å². The van der Waals surface area contributed by atoms with E-state index in [1.165, 1.54) is 18.5 Å². The van der Waals surface area contributed by atoms with Crippen LogP contribution < -0.4 is 5.32 Å². The molecule has 2 aromatic carbocycles. The van der Waals surface area contributed by atoms with Gasteiger partial charge in [-0.1, -0.05) is 67.6 Å². The summed E-state index contributed by atoms with van der Waals surface area (Å²) in [6.07, 6.45) is 3.21. The minimum Gasteiger partial charge on any atom is -0.353 e. The van der Waals surface area contributed by atoms with E-state index >= 15 is 0 Å². The summed E-state index contributed by atoms with van der Waals surface area (Å²) in [5.74, 6) is 1.50. The lowest BCUT2D eigenvalue weighted by molar-refractivity contribution is -0.123. The molecule has 3 nitrogen and oxygen atoms in total. The predicted molar refractivity (Wildman–Crippen MR) is 109 cm³/mol. The smallest absolute Gasteiger partial charge is 0.227 e. The van der Waals surface area contributed by atoms with E-state index in [1.807, 2.05) is 18.2 Å². The van der Waals surface area contributed by atoms with Crippen LogP contribution >= 0.6 is 0 Å². The second-order valence-corrected chi connectivity index (χ2v) is 8.17. The standard InChI is InChI=1S/C24H30N2O/c1-2-21(19-11-7-4-8-12-19)24(27)25-23-14-13-20-16-26(17-22(20)23)15-18-9-5-3-6-10-18/h3-12,20-23H,2,13-17H2,1H3,(H,25,27)/t20?,21-,22?,23?/m1/s1. The van der Waals surface area contributed by atoms with E-state index in [0.717, 1.165) is 37.4 Å². The Morgan fingerprint density at radius 2 is 1.74 bits per heavy atom. The quantitative estimate of drug-likeness (QED) is 0.835. The summed E-state index contributed by atoms with van der Waals surface area (Å²) in [7, 11) is 0. The molecule has 2 fully saturated rings. The molecule has 1 aliphatic carbocycles. The molecule has 2 aliphatic rings. The Balaban J connectivity index is 1.37. The van der Waals surface area contributed by atoms with Gasteiger partial charge in [-0.15, -0.1) is 0 Å². The van der Waals surface area contributed by atoms with Crippen LogP contribution in [0.3, 0.4) is 0 Å². The summed E-state index contributed by atoms with van der Waals surface area (Å²) >= 11 is 0. The van der Waals surface area contributed by atoms with Gasteiger partial charge in [0.1, 0.15) is 0 Å². The van der Waals surface area contributed by atoms with Crippen molar-refractivity contribution in [1.29, 1.82) is 0 Å². The van der Waals surface area contributed by atoms with E-state index in [4.69, 9.17) is 0 Å². The van der Waals surface area contributed by atoms with Crippen LogP contribution in [0.2, 0.25) is 0 Å². The maximum Gasteiger partial charge on any atom is 0.227 e. The van der Waals surface area contributed by atoms with E-state index in [2.05, 4.69) is 59.6 Å². The Labute approximate surface area is 162 Å². The fraction of sp³-hybridized carbons (Fsp3) is 0.458. The zero-order valence-electron chi connectivity index (χ0n) is 16.2. The molecule has 4 atom stereocenters. The molecule has 0 spiro atoms. The summed E-state index contributed by atoms with van der Waals surface area (Å²) in [6.45, 7) is 5.40. The predicted octanol–water partition coefficient (Wildman–Crippen LogP) is 4.21. The van der Waals surface area contributed by atoms with E-state index in [0.29, 0.717) is 12.0 Å². The van der Waals surface area contributed by atoms with Crippen molar-refractivity contribution in [3.63, 3.8) is 0 Å². The van der Waals surface area contributed by atoms with Gasteiger partial charge in [0, 0.05) is 25.7 Å². The second-order valence-electron chi connectivity index (χ2n) is 8.17. The molecule has 0 aromatic heterocycles. The van der Waals surface area contributed by atoms with Crippen LogP contribution in [0.1, 0.15) is 43.2 Å². The summed E-state index contributed by atoms with van der Waals surface area (Å²) in [5.41, 5.74) is 2.51. The lowest BCUT2D eigenvalue weighted by atomic mass is 9.93. The second kappa shape index (κ2) is 8.26. The first-order valence-electron chi connectivity index (χ1n) is 10.4. The fourth-order valence-corrected chi connectivity index (χ4v) is 5.05. The van der Waals surface area contributed by atoms with Gasteiger partial charge in [0.05, 0.1) is 5.92 Å². The van der Waals surface area contributed by atoms with Crippen molar-refractivity contribution in [2.75, 3.05) is 13.1 Å². The number of likely N-dealkylation sites (tertiary alicyclic amines) is 1. The van der Waals surface area contributed by atoms with Crippen molar-refractivity contribution in [2.45, 2.75) is 44.7 Å². The number of nitrogens with zero attached hydrogens (tertiary/aromatic N) is 1. The number of hydrogen-bond donors (Lipinski definition) is 1. The molecule has 1 N–H and O–H groups in total. The largest absolute Gasteiger partial charge is 0.353 e. The van der Waals surface area contributed by atoms with Gasteiger partial charge < -0.3 is 5.32 Å². The van der Waals surface area contributed by atoms with Crippen LogP contribution in [-0.2, 0) is 11.3 Å². The molecule has 3 unspecified atom stereocenters. The van der Waals surface area contributed by atoms with Crippen LogP contribution in [0.25, 0.3) is 0 Å². The van der Waals surface area contributed by atoms with Gasteiger partial charge in [-0.25, -0.2) is 0 Å². The van der Waals surface area contributed by atoms with Crippen LogP contribution in [0.4, 0.5) is 0 Å². The van der Waals surface area contributed by atoms with E-state index < -0.39 is 0 Å². The number of rotatable bonds is 6. The van der Waals surface area contributed by atoms with Crippen LogP contribution in [0.15, 0.2) is 60.7 Å². The van der Waals surface area contributed by atoms with Crippen molar-refractivity contribution in [3.05, 3.63) is 71.8 Å². The number of carbonyl (C=O) groups excluding carboxylic acids is 1. The molecule has 1 amide bonds. The molecular formula is C24H30N2O. The number of amides is 1. The summed E-state index contributed by atoms with van der Waals surface area (Å²) < 4.78 is 0. The molecule has 4 rings (SSSR count). The molecule has 3 heteroatoms. The first-order chi connectivity index (χ1) is 13.2. The highest BCUT2D eigenvalue weighted by Gasteiger charge is 2.43. The molecule has 2 aromatic rings. The number of hydrogen-bond acceptors (Lipinski definition) is 2. The zero-order chi connectivity index (χ0) is 18.6. The van der Waals surface area contributed by atoms with Crippen molar-refractivity contribution in [3.8, 4) is 0 Å². The van der Waals surface area contributed by atoms with Gasteiger partial charge in [-0.05, 0) is 42.2 Å². The zero-order valence-corrected chi connectivity index (χ0v) is 16.2. The highest BCUT2D eigenvalue weighted by molar-refractivity contribution is 5.83. The molecule has 0 bridgehead atoms. The first kappa shape index (κ1) is 18.2. The van der Waals surface area contributed by atoms with Gasteiger partial charge in [0.25, 0.3) is 0 Å². The van der Waals surface area contributed by atoms with Gasteiger partial charge >= 0.3 is 0 Å². The maximum absolute atomic E-state index is 13.0. The Bertz CT molecular complexity index is 745. The Morgan fingerprint density at radius 3 is 2.44 bits per heavy atom. The molecule has 27 heavy (non-hydrogen) atoms. The van der Waals surface area contributed by atoms with Crippen molar-refractivity contribution >= 4 is 5.91 Å². The third-order valence-corrected chi connectivity index (χ3v) is 6.44. The van der Waals surface area contributed by atoms with Crippen molar-refractivity contribution in [2.24, 2.45) is 11.8 Å². The van der Waals surface area contributed by atoms with Gasteiger partial charge in [-0.3, -0.25) is 9.69 Å². The summed E-state index contributed by atoms with van der Waals surface area (Å²) in [5, 5.41) is 3.42. The van der Waals surface area contributed by atoms with Gasteiger partial charge in [-0.2, -0.15) is 0 Å². The topological polar surface area (TPSA) is 32.3 Å². The maximum atomic E-state index is 13.0. The molecule has 1 saturated heterocycles. The molecule has 1 saturated carbocycles. The number of nitrogens with one attached hydrogen (secondary N) is 1. The third-order valence-electron chi connectivity index (χ3n) is 6.44. The van der Waals surface area contributed by atoms with Gasteiger partial charge in [0.2, 0.25) is 5.91 Å².